The maximum Gasteiger partial charge on any atom is 0.350 e. The number of hydrogen-bond donors (Lipinski definition) is 1. The highest BCUT2D eigenvalue weighted by Gasteiger charge is 2.61. The van der Waals surface area contributed by atoms with Gasteiger partial charge in [0.05, 0.1) is 42.5 Å². The summed E-state index contributed by atoms with van der Waals surface area (Å²) < 4.78 is 9.84. The zero-order chi connectivity index (χ0) is 25.0. The number of carbonyl (C=O) groups is 5. The van der Waals surface area contributed by atoms with Crippen LogP contribution in [0, 0.1) is 11.8 Å². The number of esters is 2. The smallest absolute Gasteiger partial charge is 0.350 e. The molecule has 3 aliphatic rings. The highest BCUT2D eigenvalue weighted by atomic mass is 32.1. The summed E-state index contributed by atoms with van der Waals surface area (Å²) in [5.41, 5.74) is 0.133. The molecule has 1 aromatic carbocycles. The number of anilines is 1. The summed E-state index contributed by atoms with van der Waals surface area (Å²) in [6.45, 7) is 1.60. The van der Waals surface area contributed by atoms with Crippen LogP contribution in [-0.2, 0) is 23.9 Å². The van der Waals surface area contributed by atoms with Crippen LogP contribution in [0.4, 0.5) is 5.69 Å². The van der Waals surface area contributed by atoms with Gasteiger partial charge in [-0.15, -0.1) is 11.3 Å². The number of imide groups is 1. The third kappa shape index (κ3) is 3.15. The quantitative estimate of drug-likeness (QED) is 0.493. The Morgan fingerprint density at radius 1 is 1.11 bits per heavy atom. The maximum absolute atomic E-state index is 13.6. The molecule has 35 heavy (non-hydrogen) atoms. The van der Waals surface area contributed by atoms with Gasteiger partial charge in [-0.25, -0.2) is 14.5 Å². The number of aliphatic hydroxyl groups is 1. The number of nitrogens with zero attached hydrogens (tertiary/aromatic N) is 2. The van der Waals surface area contributed by atoms with E-state index in [1.807, 2.05) is 0 Å². The number of Topliss-reactive ketones (excluding diaryl/α,β-unsaturated/α-hetero) is 1. The minimum Gasteiger partial charge on any atom is -0.506 e. The molecule has 1 aliphatic carbocycles. The summed E-state index contributed by atoms with van der Waals surface area (Å²) in [6.07, 6.45) is 0. The largest absolute Gasteiger partial charge is 0.506 e. The fourth-order valence-electron chi connectivity index (χ4n) is 4.72. The van der Waals surface area contributed by atoms with E-state index in [4.69, 9.17) is 9.47 Å². The Kier molecular flexibility index (Phi) is 5.36. The molecule has 1 N–H and O–H groups in total. The second kappa shape index (κ2) is 8.27. The number of hydrogen-bond acceptors (Lipinski definition) is 10. The first-order valence-electron chi connectivity index (χ1n) is 10.7. The summed E-state index contributed by atoms with van der Waals surface area (Å²) in [5.74, 6) is -6.65. The fourth-order valence-corrected chi connectivity index (χ4v) is 5.51. The second-order valence-electron chi connectivity index (χ2n) is 7.95. The summed E-state index contributed by atoms with van der Waals surface area (Å²) >= 11 is 0.989. The van der Waals surface area contributed by atoms with Gasteiger partial charge in [-0.3, -0.25) is 19.4 Å². The molecule has 3 atom stereocenters. The molecule has 2 aromatic rings. The van der Waals surface area contributed by atoms with Crippen molar-refractivity contribution in [1.29, 1.82) is 0 Å². The lowest BCUT2D eigenvalue weighted by Gasteiger charge is -2.17. The van der Waals surface area contributed by atoms with Crippen LogP contribution >= 0.6 is 11.3 Å². The van der Waals surface area contributed by atoms with Crippen molar-refractivity contribution in [2.75, 3.05) is 18.6 Å². The van der Waals surface area contributed by atoms with E-state index in [0.29, 0.717) is 0 Å². The third-order valence-corrected chi connectivity index (χ3v) is 7.08. The third-order valence-electron chi connectivity index (χ3n) is 6.20. The SMILES string of the molecule is CCOC(=O)[C@@H]1N=C(C2=C(O)c3ccccc3C2=O)[C@H]2C(=O)N(c3ccsc3C(=O)OC)C(=O)[C@@H]21. The minimum atomic E-state index is -1.39. The first-order valence-corrected chi connectivity index (χ1v) is 11.5. The molecule has 0 saturated carbocycles. The maximum atomic E-state index is 13.6. The lowest BCUT2D eigenvalue weighted by molar-refractivity contribution is -0.147. The van der Waals surface area contributed by atoms with Gasteiger partial charge in [-0.05, 0) is 18.4 Å². The average molecular weight is 494 g/mol. The summed E-state index contributed by atoms with van der Waals surface area (Å²) in [4.78, 5) is 70.5. The van der Waals surface area contributed by atoms with Gasteiger partial charge in [0.25, 0.3) is 0 Å². The van der Waals surface area contributed by atoms with E-state index < -0.39 is 47.4 Å². The van der Waals surface area contributed by atoms with E-state index in [-0.39, 0.29) is 45.3 Å². The number of ether oxygens (including phenoxy) is 2. The first-order chi connectivity index (χ1) is 16.8. The predicted molar refractivity (Wildman–Crippen MR) is 123 cm³/mol. The Labute approximate surface area is 202 Å². The highest BCUT2D eigenvalue weighted by molar-refractivity contribution is 7.12. The van der Waals surface area contributed by atoms with Gasteiger partial charge in [-0.2, -0.15) is 0 Å². The molecule has 1 saturated heterocycles. The standard InChI is InChI=1S/C24H18N2O8S/c1-3-34-23(31)17-14-13(16(25-17)15-18(27)10-6-4-5-7-11(10)19(15)28)21(29)26(22(14)30)12-8-9-35-20(12)24(32)33-2/h4-9,13-14,17,27H,3H2,1-2H3/t13-,14-,17+/m0/s1. The minimum absolute atomic E-state index is 0.0127. The molecule has 10 nitrogen and oxygen atoms in total. The van der Waals surface area contributed by atoms with Crippen molar-refractivity contribution in [3.05, 3.63) is 57.3 Å². The number of aliphatic imine (C=N–C) groups is 1. The molecule has 1 fully saturated rings. The second-order valence-corrected chi connectivity index (χ2v) is 8.87. The number of methoxy groups -OCH3 is 1. The van der Waals surface area contributed by atoms with E-state index in [9.17, 15) is 29.1 Å². The number of aliphatic hydroxyl groups excluding tert-OH is 1. The molecular formula is C24H18N2O8S. The monoisotopic (exact) mass is 494 g/mol. The Hall–Kier alpha value is -4.12. The van der Waals surface area contributed by atoms with Crippen LogP contribution in [0.5, 0.6) is 0 Å². The molecule has 0 bridgehead atoms. The summed E-state index contributed by atoms with van der Waals surface area (Å²) in [5, 5.41) is 12.4. The van der Waals surface area contributed by atoms with Gasteiger partial charge >= 0.3 is 11.9 Å². The van der Waals surface area contributed by atoms with Crippen LogP contribution in [-0.4, -0.2) is 60.1 Å². The van der Waals surface area contributed by atoms with E-state index in [0.717, 1.165) is 16.2 Å². The molecule has 0 spiro atoms. The number of rotatable bonds is 5. The Morgan fingerprint density at radius 3 is 2.49 bits per heavy atom. The molecule has 5 rings (SSSR count). The number of benzene rings is 1. The molecule has 2 amide bonds. The van der Waals surface area contributed by atoms with Crippen molar-refractivity contribution in [2.24, 2.45) is 16.8 Å². The van der Waals surface area contributed by atoms with Gasteiger partial charge in [0.1, 0.15) is 10.6 Å². The molecule has 178 valence electrons. The van der Waals surface area contributed by atoms with Crippen molar-refractivity contribution in [3.63, 3.8) is 0 Å². The predicted octanol–water partition coefficient (Wildman–Crippen LogP) is 2.19. The van der Waals surface area contributed by atoms with Crippen LogP contribution in [0.2, 0.25) is 0 Å². The Balaban J connectivity index is 1.64. The number of amides is 2. The van der Waals surface area contributed by atoms with Gasteiger partial charge in [0.2, 0.25) is 11.8 Å². The van der Waals surface area contributed by atoms with Crippen molar-refractivity contribution >= 4 is 58.0 Å². The van der Waals surface area contributed by atoms with E-state index in [1.165, 1.54) is 24.6 Å². The Bertz CT molecular complexity index is 1390. The van der Waals surface area contributed by atoms with Gasteiger partial charge in [0.15, 0.2) is 11.8 Å². The molecule has 0 radical (unpaired) electrons. The molecule has 2 aliphatic heterocycles. The average Bonchev–Trinajstić information content (AvgIpc) is 3.59. The lowest BCUT2D eigenvalue weighted by atomic mass is 9.85. The number of thiophene rings is 1. The molecule has 0 unspecified atom stereocenters. The Morgan fingerprint density at radius 2 is 1.83 bits per heavy atom. The van der Waals surface area contributed by atoms with Crippen LogP contribution in [0.1, 0.15) is 32.5 Å². The van der Waals surface area contributed by atoms with Crippen LogP contribution in [0.25, 0.3) is 5.76 Å². The van der Waals surface area contributed by atoms with Crippen LogP contribution < -0.4 is 4.90 Å². The zero-order valence-electron chi connectivity index (χ0n) is 18.5. The molecule has 3 heterocycles. The zero-order valence-corrected chi connectivity index (χ0v) is 19.3. The van der Waals surface area contributed by atoms with Crippen LogP contribution in [0.15, 0.2) is 46.3 Å². The summed E-state index contributed by atoms with van der Waals surface area (Å²) in [7, 11) is 1.17. The van der Waals surface area contributed by atoms with Crippen molar-refractivity contribution in [3.8, 4) is 0 Å². The van der Waals surface area contributed by atoms with Crippen molar-refractivity contribution < 1.29 is 38.6 Å². The number of allylic oxidation sites excluding steroid dienone is 1. The highest BCUT2D eigenvalue weighted by Crippen LogP contribution is 2.45. The van der Waals surface area contributed by atoms with Crippen LogP contribution in [0.3, 0.4) is 0 Å². The molecular weight excluding hydrogens is 476 g/mol. The van der Waals surface area contributed by atoms with Crippen molar-refractivity contribution in [2.45, 2.75) is 13.0 Å². The number of carbonyl (C=O) groups excluding carboxylic acids is 5. The number of fused-ring (bicyclic) bond motifs is 2. The van der Waals surface area contributed by atoms with E-state index in [1.54, 1.807) is 25.1 Å². The topological polar surface area (TPSA) is 140 Å². The fraction of sp³-hybridized carbons (Fsp3) is 0.250. The molecule has 11 heteroatoms. The van der Waals surface area contributed by atoms with Gasteiger partial charge in [-0.1, -0.05) is 24.3 Å². The molecule has 1 aromatic heterocycles. The van der Waals surface area contributed by atoms with Crippen molar-refractivity contribution in [1.82, 2.24) is 0 Å². The number of ketones is 1. The lowest BCUT2D eigenvalue weighted by Crippen LogP contribution is -2.37. The summed E-state index contributed by atoms with van der Waals surface area (Å²) in [6, 6.07) is 6.38. The van der Waals surface area contributed by atoms with Gasteiger partial charge in [0, 0.05) is 11.1 Å². The van der Waals surface area contributed by atoms with E-state index in [2.05, 4.69) is 4.99 Å². The van der Waals surface area contributed by atoms with E-state index >= 15 is 0 Å². The first kappa shape index (κ1) is 22.7. The normalized spacial score (nSPS) is 22.9. The van der Waals surface area contributed by atoms with Gasteiger partial charge < -0.3 is 14.6 Å².